The maximum atomic E-state index is 11.1. The first-order valence-electron chi connectivity index (χ1n) is 6.89. The first kappa shape index (κ1) is 15.0. The molecule has 3 nitrogen and oxygen atoms in total. The standard InChI is InChI=1S/C18H19NO2/c1-14(19(21)15(2)20)18-12-10-17(11-13-18)9-8-16-6-4-3-5-7-16/h3-14,21H,1-2H3. The normalized spacial score (nSPS) is 12.3. The summed E-state index contributed by atoms with van der Waals surface area (Å²) >= 11 is 0. The van der Waals surface area contributed by atoms with Gasteiger partial charge < -0.3 is 0 Å². The highest BCUT2D eigenvalue weighted by Crippen LogP contribution is 2.19. The van der Waals surface area contributed by atoms with E-state index in [1.165, 1.54) is 6.92 Å². The summed E-state index contributed by atoms with van der Waals surface area (Å²) in [5, 5.41) is 10.4. The highest BCUT2D eigenvalue weighted by molar-refractivity contribution is 5.72. The Labute approximate surface area is 125 Å². The zero-order valence-corrected chi connectivity index (χ0v) is 12.2. The van der Waals surface area contributed by atoms with Gasteiger partial charge in [-0.15, -0.1) is 0 Å². The number of hydrogen-bond acceptors (Lipinski definition) is 2. The summed E-state index contributed by atoms with van der Waals surface area (Å²) in [4.78, 5) is 11.1. The van der Waals surface area contributed by atoms with E-state index in [1.54, 1.807) is 6.92 Å². The molecule has 0 aromatic heterocycles. The lowest BCUT2D eigenvalue weighted by atomic mass is 10.0. The van der Waals surface area contributed by atoms with Gasteiger partial charge >= 0.3 is 0 Å². The van der Waals surface area contributed by atoms with Gasteiger partial charge in [-0.3, -0.25) is 10.0 Å². The first-order valence-corrected chi connectivity index (χ1v) is 6.89. The monoisotopic (exact) mass is 281 g/mol. The number of hydroxylamine groups is 2. The van der Waals surface area contributed by atoms with Crippen LogP contribution in [0.15, 0.2) is 54.6 Å². The van der Waals surface area contributed by atoms with Gasteiger partial charge in [-0.25, -0.2) is 5.06 Å². The average Bonchev–Trinajstić information content (AvgIpc) is 2.53. The van der Waals surface area contributed by atoms with Crippen molar-refractivity contribution in [2.24, 2.45) is 0 Å². The fourth-order valence-corrected chi connectivity index (χ4v) is 2.06. The summed E-state index contributed by atoms with van der Waals surface area (Å²) in [6.07, 6.45) is 4.08. The van der Waals surface area contributed by atoms with Crippen molar-refractivity contribution in [2.45, 2.75) is 19.9 Å². The fourth-order valence-electron chi connectivity index (χ4n) is 2.06. The van der Waals surface area contributed by atoms with Crippen molar-refractivity contribution in [1.29, 1.82) is 0 Å². The largest absolute Gasteiger partial charge is 0.285 e. The lowest BCUT2D eigenvalue weighted by Crippen LogP contribution is -2.27. The second-order valence-electron chi connectivity index (χ2n) is 4.95. The predicted octanol–water partition coefficient (Wildman–Crippen LogP) is 4.16. The van der Waals surface area contributed by atoms with Gasteiger partial charge in [0.25, 0.3) is 0 Å². The second-order valence-corrected chi connectivity index (χ2v) is 4.95. The summed E-state index contributed by atoms with van der Waals surface area (Å²) in [6.45, 7) is 3.13. The molecule has 0 aliphatic rings. The van der Waals surface area contributed by atoms with Crippen LogP contribution in [0.2, 0.25) is 0 Å². The Morgan fingerprint density at radius 2 is 1.52 bits per heavy atom. The molecular weight excluding hydrogens is 262 g/mol. The predicted molar refractivity (Wildman–Crippen MR) is 84.5 cm³/mol. The van der Waals surface area contributed by atoms with Crippen molar-refractivity contribution in [2.75, 3.05) is 0 Å². The summed E-state index contributed by atoms with van der Waals surface area (Å²) in [7, 11) is 0. The Morgan fingerprint density at radius 1 is 1.00 bits per heavy atom. The smallest absolute Gasteiger partial charge is 0.243 e. The molecule has 0 bridgehead atoms. The van der Waals surface area contributed by atoms with Crippen molar-refractivity contribution in [1.82, 2.24) is 5.06 Å². The molecule has 1 N–H and O–H groups in total. The van der Waals surface area contributed by atoms with E-state index < -0.39 is 0 Å². The Morgan fingerprint density at radius 3 is 2.05 bits per heavy atom. The van der Waals surface area contributed by atoms with Crippen LogP contribution in [0.3, 0.4) is 0 Å². The van der Waals surface area contributed by atoms with E-state index in [4.69, 9.17) is 0 Å². The molecule has 21 heavy (non-hydrogen) atoms. The highest BCUT2D eigenvalue weighted by Gasteiger charge is 2.15. The van der Waals surface area contributed by atoms with Crippen molar-refractivity contribution >= 4 is 18.1 Å². The SMILES string of the molecule is CC(=O)N(O)C(C)c1ccc(C=Cc2ccccc2)cc1. The molecule has 3 heteroatoms. The molecule has 1 unspecified atom stereocenters. The molecule has 1 amide bonds. The van der Waals surface area contributed by atoms with Crippen LogP contribution in [0.5, 0.6) is 0 Å². The number of carbonyl (C=O) groups is 1. The van der Waals surface area contributed by atoms with Crippen molar-refractivity contribution in [3.05, 3.63) is 71.3 Å². The summed E-state index contributed by atoms with van der Waals surface area (Å²) in [5.41, 5.74) is 3.11. The second kappa shape index (κ2) is 6.86. The number of benzene rings is 2. The number of nitrogens with zero attached hydrogens (tertiary/aromatic N) is 1. The third kappa shape index (κ3) is 4.04. The van der Waals surface area contributed by atoms with Gasteiger partial charge in [0.1, 0.15) is 0 Å². The molecule has 0 saturated heterocycles. The van der Waals surface area contributed by atoms with Crippen molar-refractivity contribution in [3.8, 4) is 0 Å². The Bertz CT molecular complexity index is 617. The zero-order valence-electron chi connectivity index (χ0n) is 12.2. The minimum atomic E-state index is -0.365. The maximum absolute atomic E-state index is 11.1. The van der Waals surface area contributed by atoms with Gasteiger partial charge in [0.05, 0.1) is 6.04 Å². The van der Waals surface area contributed by atoms with Crippen LogP contribution in [-0.2, 0) is 4.79 Å². The van der Waals surface area contributed by atoms with E-state index in [1.807, 2.05) is 66.7 Å². The molecule has 1 atom stereocenters. The van der Waals surface area contributed by atoms with Crippen LogP contribution in [0.1, 0.15) is 36.6 Å². The summed E-state index contributed by atoms with van der Waals surface area (Å²) < 4.78 is 0. The first-order chi connectivity index (χ1) is 10.1. The maximum Gasteiger partial charge on any atom is 0.243 e. The van der Waals surface area contributed by atoms with E-state index in [2.05, 4.69) is 0 Å². The van der Waals surface area contributed by atoms with Gasteiger partial charge in [0.15, 0.2) is 0 Å². The van der Waals surface area contributed by atoms with Crippen LogP contribution in [0.4, 0.5) is 0 Å². The van der Waals surface area contributed by atoms with Gasteiger partial charge in [-0.2, -0.15) is 0 Å². The quantitative estimate of drug-likeness (QED) is 0.519. The third-order valence-electron chi connectivity index (χ3n) is 3.38. The molecular formula is C18H19NO2. The number of hydrogen-bond donors (Lipinski definition) is 1. The molecule has 2 aromatic rings. The van der Waals surface area contributed by atoms with Gasteiger partial charge in [-0.05, 0) is 23.6 Å². The van der Waals surface area contributed by atoms with Crippen molar-refractivity contribution < 1.29 is 10.0 Å². The molecule has 0 fully saturated rings. The Kier molecular flexibility index (Phi) is 4.90. The Hall–Kier alpha value is -2.39. The molecule has 0 heterocycles. The molecule has 108 valence electrons. The zero-order chi connectivity index (χ0) is 15.2. The molecule has 0 spiro atoms. The number of amides is 1. The topological polar surface area (TPSA) is 40.5 Å². The van der Waals surface area contributed by atoms with E-state index >= 15 is 0 Å². The Balaban J connectivity index is 2.09. The fraction of sp³-hybridized carbons (Fsp3) is 0.167. The van der Waals surface area contributed by atoms with Crippen LogP contribution in [0.25, 0.3) is 12.2 Å². The van der Waals surface area contributed by atoms with E-state index in [0.717, 1.165) is 21.8 Å². The summed E-state index contributed by atoms with van der Waals surface area (Å²) in [6, 6.07) is 17.5. The molecule has 2 rings (SSSR count). The highest BCUT2D eigenvalue weighted by atomic mass is 16.5. The molecule has 0 aliphatic carbocycles. The van der Waals surface area contributed by atoms with Crippen LogP contribution >= 0.6 is 0 Å². The third-order valence-corrected chi connectivity index (χ3v) is 3.38. The van der Waals surface area contributed by atoms with Gasteiger partial charge in [0, 0.05) is 6.92 Å². The van der Waals surface area contributed by atoms with E-state index in [0.29, 0.717) is 0 Å². The lowest BCUT2D eigenvalue weighted by Gasteiger charge is -2.21. The number of rotatable bonds is 4. The van der Waals surface area contributed by atoms with Crippen LogP contribution in [-0.4, -0.2) is 16.2 Å². The van der Waals surface area contributed by atoms with E-state index in [9.17, 15) is 10.0 Å². The molecule has 0 aliphatic heterocycles. The van der Waals surface area contributed by atoms with Crippen LogP contribution < -0.4 is 0 Å². The van der Waals surface area contributed by atoms with E-state index in [-0.39, 0.29) is 11.9 Å². The number of carbonyl (C=O) groups excluding carboxylic acids is 1. The van der Waals surface area contributed by atoms with Gasteiger partial charge in [0.2, 0.25) is 5.91 Å². The van der Waals surface area contributed by atoms with Crippen molar-refractivity contribution in [3.63, 3.8) is 0 Å². The molecule has 2 aromatic carbocycles. The van der Waals surface area contributed by atoms with Gasteiger partial charge in [-0.1, -0.05) is 66.7 Å². The minimum Gasteiger partial charge on any atom is -0.285 e. The van der Waals surface area contributed by atoms with Crippen LogP contribution in [0, 0.1) is 0 Å². The molecule has 0 radical (unpaired) electrons. The molecule has 0 saturated carbocycles. The minimum absolute atomic E-state index is 0.352. The lowest BCUT2D eigenvalue weighted by molar-refractivity contribution is -0.172. The average molecular weight is 281 g/mol. The summed E-state index contributed by atoms with van der Waals surface area (Å²) in [5.74, 6) is -0.365.